The van der Waals surface area contributed by atoms with Crippen molar-refractivity contribution < 1.29 is 9.53 Å². The summed E-state index contributed by atoms with van der Waals surface area (Å²) < 4.78 is 5.33. The predicted octanol–water partition coefficient (Wildman–Crippen LogP) is 1.34. The standard InChI is InChI=1S/C16H22N4O2/c1-2-6-18-7-8-20(13-14-4-3-5-17-15(14)18)16(21)19-9-11-22-12-10-19/h2-5H,1,6-13H2. The molecule has 0 aromatic carbocycles. The van der Waals surface area contributed by atoms with Gasteiger partial charge in [-0.15, -0.1) is 6.58 Å². The second kappa shape index (κ2) is 6.79. The van der Waals surface area contributed by atoms with E-state index in [9.17, 15) is 4.79 Å². The second-order valence-electron chi connectivity index (χ2n) is 5.52. The molecule has 0 radical (unpaired) electrons. The number of morpholine rings is 1. The van der Waals surface area contributed by atoms with Crippen molar-refractivity contribution in [2.75, 3.05) is 50.8 Å². The third-order valence-corrected chi connectivity index (χ3v) is 4.07. The molecule has 2 aliphatic rings. The molecule has 1 aromatic rings. The molecule has 6 heteroatoms. The number of fused-ring (bicyclic) bond motifs is 1. The molecule has 0 aliphatic carbocycles. The van der Waals surface area contributed by atoms with E-state index in [1.165, 1.54) is 0 Å². The normalized spacial score (nSPS) is 18.6. The average Bonchev–Trinajstić information content (AvgIpc) is 2.75. The van der Waals surface area contributed by atoms with E-state index in [0.29, 0.717) is 39.4 Å². The zero-order chi connectivity index (χ0) is 15.4. The van der Waals surface area contributed by atoms with Crippen LogP contribution in [0.2, 0.25) is 0 Å². The van der Waals surface area contributed by atoms with Crippen LogP contribution in [0.3, 0.4) is 0 Å². The van der Waals surface area contributed by atoms with Gasteiger partial charge in [0.1, 0.15) is 5.82 Å². The van der Waals surface area contributed by atoms with Crippen LogP contribution in [0, 0.1) is 0 Å². The van der Waals surface area contributed by atoms with Crippen LogP contribution in [0.4, 0.5) is 10.6 Å². The van der Waals surface area contributed by atoms with Crippen molar-refractivity contribution in [1.82, 2.24) is 14.8 Å². The topological polar surface area (TPSA) is 48.9 Å². The van der Waals surface area contributed by atoms with Crippen LogP contribution in [-0.4, -0.2) is 66.8 Å². The molecular weight excluding hydrogens is 280 g/mol. The molecule has 3 heterocycles. The van der Waals surface area contributed by atoms with E-state index in [2.05, 4.69) is 16.5 Å². The number of nitrogens with zero attached hydrogens (tertiary/aromatic N) is 4. The van der Waals surface area contributed by atoms with Crippen LogP contribution in [0.1, 0.15) is 5.56 Å². The van der Waals surface area contributed by atoms with Crippen molar-refractivity contribution in [3.63, 3.8) is 0 Å². The van der Waals surface area contributed by atoms with Crippen LogP contribution in [0.5, 0.6) is 0 Å². The average molecular weight is 302 g/mol. The summed E-state index contributed by atoms with van der Waals surface area (Å²) in [5.74, 6) is 0.958. The number of aromatic nitrogens is 1. The van der Waals surface area contributed by atoms with Crippen molar-refractivity contribution >= 4 is 11.8 Å². The van der Waals surface area contributed by atoms with Crippen molar-refractivity contribution in [3.8, 4) is 0 Å². The molecule has 0 bridgehead atoms. The summed E-state index contributed by atoms with van der Waals surface area (Å²) >= 11 is 0. The fourth-order valence-corrected chi connectivity index (χ4v) is 2.92. The Morgan fingerprint density at radius 3 is 2.86 bits per heavy atom. The fourth-order valence-electron chi connectivity index (χ4n) is 2.92. The van der Waals surface area contributed by atoms with Crippen molar-refractivity contribution in [2.45, 2.75) is 6.54 Å². The Balaban J connectivity index is 1.78. The van der Waals surface area contributed by atoms with Gasteiger partial charge in [0.2, 0.25) is 0 Å². The lowest BCUT2D eigenvalue weighted by atomic mass is 10.2. The van der Waals surface area contributed by atoms with Gasteiger partial charge in [-0.2, -0.15) is 0 Å². The number of pyridine rings is 1. The van der Waals surface area contributed by atoms with Gasteiger partial charge in [0.25, 0.3) is 0 Å². The summed E-state index contributed by atoms with van der Waals surface area (Å²) in [6, 6.07) is 4.07. The number of hydrogen-bond donors (Lipinski definition) is 0. The molecule has 22 heavy (non-hydrogen) atoms. The Morgan fingerprint density at radius 1 is 1.27 bits per heavy atom. The zero-order valence-electron chi connectivity index (χ0n) is 12.8. The second-order valence-corrected chi connectivity index (χ2v) is 5.52. The minimum Gasteiger partial charge on any atom is -0.378 e. The monoisotopic (exact) mass is 302 g/mol. The quantitative estimate of drug-likeness (QED) is 0.774. The Kier molecular flexibility index (Phi) is 4.58. The number of amides is 2. The van der Waals surface area contributed by atoms with Crippen molar-refractivity contribution in [1.29, 1.82) is 0 Å². The number of hydrogen-bond acceptors (Lipinski definition) is 4. The smallest absolute Gasteiger partial charge is 0.320 e. The first-order valence-electron chi connectivity index (χ1n) is 7.71. The summed E-state index contributed by atoms with van der Waals surface area (Å²) in [7, 11) is 0. The van der Waals surface area contributed by atoms with E-state index in [-0.39, 0.29) is 6.03 Å². The first kappa shape index (κ1) is 14.8. The van der Waals surface area contributed by atoms with Crippen LogP contribution in [-0.2, 0) is 11.3 Å². The molecule has 2 amide bonds. The highest BCUT2D eigenvalue weighted by atomic mass is 16.5. The molecule has 1 aromatic heterocycles. The first-order chi connectivity index (χ1) is 10.8. The fraction of sp³-hybridized carbons (Fsp3) is 0.500. The van der Waals surface area contributed by atoms with Crippen molar-refractivity contribution in [3.05, 3.63) is 36.5 Å². The molecule has 0 saturated carbocycles. The van der Waals surface area contributed by atoms with Crippen LogP contribution < -0.4 is 4.90 Å². The largest absolute Gasteiger partial charge is 0.378 e. The van der Waals surface area contributed by atoms with Gasteiger partial charge in [0, 0.05) is 44.5 Å². The molecule has 1 fully saturated rings. The van der Waals surface area contributed by atoms with E-state index in [0.717, 1.165) is 24.5 Å². The van der Waals surface area contributed by atoms with Gasteiger partial charge in [-0.3, -0.25) is 0 Å². The summed E-state index contributed by atoms with van der Waals surface area (Å²) in [5, 5.41) is 0. The molecule has 3 rings (SSSR count). The maximum absolute atomic E-state index is 12.7. The van der Waals surface area contributed by atoms with Crippen LogP contribution >= 0.6 is 0 Å². The van der Waals surface area contributed by atoms with Crippen LogP contribution in [0.15, 0.2) is 31.0 Å². The zero-order valence-corrected chi connectivity index (χ0v) is 12.8. The van der Waals surface area contributed by atoms with Gasteiger partial charge in [0.05, 0.1) is 19.8 Å². The van der Waals surface area contributed by atoms with E-state index in [1.54, 1.807) is 6.20 Å². The van der Waals surface area contributed by atoms with Gasteiger partial charge in [-0.05, 0) is 6.07 Å². The number of carbonyl (C=O) groups excluding carboxylic acids is 1. The molecular formula is C16H22N4O2. The number of rotatable bonds is 2. The first-order valence-corrected chi connectivity index (χ1v) is 7.71. The van der Waals surface area contributed by atoms with Gasteiger partial charge in [-0.25, -0.2) is 9.78 Å². The lowest BCUT2D eigenvalue weighted by molar-refractivity contribution is 0.0430. The minimum absolute atomic E-state index is 0.0959. The van der Waals surface area contributed by atoms with E-state index < -0.39 is 0 Å². The number of anilines is 1. The van der Waals surface area contributed by atoms with Gasteiger partial charge in [0.15, 0.2) is 0 Å². The highest BCUT2D eigenvalue weighted by molar-refractivity contribution is 5.75. The maximum atomic E-state index is 12.7. The lowest BCUT2D eigenvalue weighted by Gasteiger charge is -2.32. The molecule has 2 aliphatic heterocycles. The Morgan fingerprint density at radius 2 is 2.09 bits per heavy atom. The summed E-state index contributed by atoms with van der Waals surface area (Å²) in [4.78, 5) is 23.2. The summed E-state index contributed by atoms with van der Waals surface area (Å²) in [6.45, 7) is 9.22. The van der Waals surface area contributed by atoms with Gasteiger partial charge in [-0.1, -0.05) is 12.1 Å². The lowest BCUT2D eigenvalue weighted by Crippen LogP contribution is -2.48. The SMILES string of the molecule is C=CCN1CCN(C(=O)N2CCOCC2)Cc2cccnc21. The molecule has 0 spiro atoms. The number of urea groups is 1. The van der Waals surface area contributed by atoms with Gasteiger partial charge >= 0.3 is 6.03 Å². The number of ether oxygens (including phenoxy) is 1. The third-order valence-electron chi connectivity index (χ3n) is 4.07. The van der Waals surface area contributed by atoms with Gasteiger partial charge < -0.3 is 19.4 Å². The highest BCUT2D eigenvalue weighted by Crippen LogP contribution is 2.23. The van der Waals surface area contributed by atoms with Crippen LogP contribution in [0.25, 0.3) is 0 Å². The summed E-state index contributed by atoms with van der Waals surface area (Å²) in [5.41, 5.74) is 1.09. The van der Waals surface area contributed by atoms with E-state index in [4.69, 9.17) is 4.74 Å². The predicted molar refractivity (Wildman–Crippen MR) is 84.8 cm³/mol. The minimum atomic E-state index is 0.0959. The molecule has 0 unspecified atom stereocenters. The Labute approximate surface area is 131 Å². The highest BCUT2D eigenvalue weighted by Gasteiger charge is 2.27. The number of carbonyl (C=O) groups is 1. The van der Waals surface area contributed by atoms with E-state index >= 15 is 0 Å². The maximum Gasteiger partial charge on any atom is 0.320 e. The van der Waals surface area contributed by atoms with E-state index in [1.807, 2.05) is 28.0 Å². The molecule has 118 valence electrons. The van der Waals surface area contributed by atoms with Crippen molar-refractivity contribution in [2.24, 2.45) is 0 Å². The Bertz CT molecular complexity index is 543. The molecule has 6 nitrogen and oxygen atoms in total. The third kappa shape index (κ3) is 3.06. The molecule has 0 N–H and O–H groups in total. The summed E-state index contributed by atoms with van der Waals surface area (Å²) in [6.07, 6.45) is 3.67. The molecule has 1 saturated heterocycles. The Hall–Kier alpha value is -2.08. The molecule has 0 atom stereocenters.